The van der Waals surface area contributed by atoms with E-state index in [1.807, 2.05) is 31.2 Å². The molecule has 0 saturated carbocycles. The molecule has 0 radical (unpaired) electrons. The predicted molar refractivity (Wildman–Crippen MR) is 105 cm³/mol. The van der Waals surface area contributed by atoms with E-state index in [0.29, 0.717) is 11.1 Å². The monoisotopic (exact) mass is 387 g/mol. The lowest BCUT2D eigenvalue weighted by Gasteiger charge is -2.17. The number of ether oxygens (including phenoxy) is 2. The van der Waals surface area contributed by atoms with Crippen molar-refractivity contribution in [3.05, 3.63) is 41.7 Å². The lowest BCUT2D eigenvalue weighted by molar-refractivity contribution is 0.249. The minimum atomic E-state index is -0.667. The minimum Gasteiger partial charge on any atom is -0.497 e. The number of anilines is 2. The molecule has 1 heterocycles. The SMILES string of the molecule is CCOc1c(NC(=O)N[C@@H](C)c2cccc(OC)c2)cc2c(N)n[nH]c2c1F. The highest BCUT2D eigenvalue weighted by Gasteiger charge is 2.20. The van der Waals surface area contributed by atoms with Crippen LogP contribution in [-0.2, 0) is 0 Å². The predicted octanol–water partition coefficient (Wildman–Crippen LogP) is 3.57. The lowest BCUT2D eigenvalue weighted by atomic mass is 10.1. The van der Waals surface area contributed by atoms with Gasteiger partial charge in [0, 0.05) is 5.39 Å². The number of nitrogens with one attached hydrogen (secondary N) is 3. The minimum absolute atomic E-state index is 0.0807. The van der Waals surface area contributed by atoms with Gasteiger partial charge in [0.2, 0.25) is 0 Å². The number of hydrogen-bond acceptors (Lipinski definition) is 5. The summed E-state index contributed by atoms with van der Waals surface area (Å²) in [5.41, 5.74) is 6.91. The Morgan fingerprint density at radius 2 is 2.18 bits per heavy atom. The number of halogens is 1. The normalized spacial score (nSPS) is 11.9. The summed E-state index contributed by atoms with van der Waals surface area (Å²) < 4.78 is 25.3. The average molecular weight is 387 g/mol. The van der Waals surface area contributed by atoms with Crippen LogP contribution >= 0.6 is 0 Å². The highest BCUT2D eigenvalue weighted by Crippen LogP contribution is 2.35. The number of benzene rings is 2. The van der Waals surface area contributed by atoms with Crippen LogP contribution in [0.2, 0.25) is 0 Å². The number of carbonyl (C=O) groups excluding carboxylic acids is 1. The van der Waals surface area contributed by atoms with Crippen molar-refractivity contribution in [2.45, 2.75) is 19.9 Å². The van der Waals surface area contributed by atoms with Crippen molar-refractivity contribution >= 4 is 28.4 Å². The van der Waals surface area contributed by atoms with Gasteiger partial charge in [0.05, 0.1) is 25.4 Å². The van der Waals surface area contributed by atoms with Gasteiger partial charge in [-0.1, -0.05) is 12.1 Å². The van der Waals surface area contributed by atoms with Crippen LogP contribution in [0, 0.1) is 5.82 Å². The lowest BCUT2D eigenvalue weighted by Crippen LogP contribution is -2.31. The smallest absolute Gasteiger partial charge is 0.319 e. The first kappa shape index (κ1) is 19.3. The van der Waals surface area contributed by atoms with E-state index >= 15 is 0 Å². The molecular weight excluding hydrogens is 365 g/mol. The number of aromatic nitrogens is 2. The number of urea groups is 1. The number of carbonyl (C=O) groups is 1. The van der Waals surface area contributed by atoms with E-state index in [1.54, 1.807) is 14.0 Å². The molecule has 148 valence electrons. The molecular formula is C19H22FN5O3. The maximum atomic E-state index is 14.8. The molecule has 0 spiro atoms. The Bertz CT molecular complexity index is 1000. The average Bonchev–Trinajstić information content (AvgIpc) is 3.05. The Hall–Kier alpha value is -3.49. The van der Waals surface area contributed by atoms with Gasteiger partial charge in [0.25, 0.3) is 0 Å². The van der Waals surface area contributed by atoms with Crippen LogP contribution in [0.1, 0.15) is 25.5 Å². The van der Waals surface area contributed by atoms with Gasteiger partial charge in [-0.15, -0.1) is 0 Å². The van der Waals surface area contributed by atoms with Gasteiger partial charge in [-0.3, -0.25) is 5.10 Å². The van der Waals surface area contributed by atoms with Crippen LogP contribution in [-0.4, -0.2) is 29.9 Å². The van der Waals surface area contributed by atoms with Crippen LogP contribution in [0.3, 0.4) is 0 Å². The zero-order chi connectivity index (χ0) is 20.3. The molecule has 28 heavy (non-hydrogen) atoms. The number of rotatable bonds is 6. The second-order valence-electron chi connectivity index (χ2n) is 6.13. The van der Waals surface area contributed by atoms with Gasteiger partial charge < -0.3 is 25.8 Å². The molecule has 1 aromatic heterocycles. The first-order valence-corrected chi connectivity index (χ1v) is 8.74. The van der Waals surface area contributed by atoms with E-state index in [1.165, 1.54) is 6.07 Å². The summed E-state index contributed by atoms with van der Waals surface area (Å²) in [7, 11) is 1.57. The van der Waals surface area contributed by atoms with Crippen LogP contribution in [0.15, 0.2) is 30.3 Å². The zero-order valence-electron chi connectivity index (χ0n) is 15.8. The van der Waals surface area contributed by atoms with Gasteiger partial charge in [-0.2, -0.15) is 5.10 Å². The Morgan fingerprint density at radius 1 is 1.39 bits per heavy atom. The second-order valence-corrected chi connectivity index (χ2v) is 6.13. The molecule has 0 unspecified atom stereocenters. The maximum absolute atomic E-state index is 14.8. The quantitative estimate of drug-likeness (QED) is 0.516. The molecule has 0 saturated heterocycles. The van der Waals surface area contributed by atoms with E-state index < -0.39 is 11.8 Å². The summed E-state index contributed by atoms with van der Waals surface area (Å²) in [6, 6.07) is 8.06. The number of amides is 2. The Labute approximate surface area is 161 Å². The molecule has 1 atom stereocenters. The van der Waals surface area contributed by atoms with Crippen molar-refractivity contribution in [1.29, 1.82) is 0 Å². The third-order valence-electron chi connectivity index (χ3n) is 4.26. The third-order valence-corrected chi connectivity index (χ3v) is 4.26. The molecule has 5 N–H and O–H groups in total. The first-order chi connectivity index (χ1) is 13.4. The maximum Gasteiger partial charge on any atom is 0.319 e. The number of nitrogens with two attached hydrogens (primary N) is 1. The largest absolute Gasteiger partial charge is 0.497 e. The highest BCUT2D eigenvalue weighted by atomic mass is 19.1. The number of nitrogen functional groups attached to an aromatic ring is 1. The van der Waals surface area contributed by atoms with Gasteiger partial charge in [0.1, 0.15) is 11.3 Å². The Kier molecular flexibility index (Phi) is 5.53. The standard InChI is InChI=1S/C19H22FN5O3/c1-4-28-17-14(9-13-16(15(17)20)24-25-18(13)21)23-19(26)22-10(2)11-6-5-7-12(8-11)27-3/h5-10H,4H2,1-3H3,(H3,21,24,25)(H2,22,23,26)/t10-/m0/s1. The van der Waals surface area contributed by atoms with E-state index in [-0.39, 0.29) is 35.4 Å². The number of hydrogen-bond donors (Lipinski definition) is 4. The zero-order valence-corrected chi connectivity index (χ0v) is 15.8. The van der Waals surface area contributed by atoms with Crippen molar-refractivity contribution in [1.82, 2.24) is 15.5 Å². The molecule has 0 aliphatic carbocycles. The molecule has 9 heteroatoms. The molecule has 0 aliphatic rings. The molecule has 8 nitrogen and oxygen atoms in total. The van der Waals surface area contributed by atoms with Crippen LogP contribution in [0.5, 0.6) is 11.5 Å². The van der Waals surface area contributed by atoms with Crippen molar-refractivity contribution in [3.63, 3.8) is 0 Å². The second kappa shape index (κ2) is 8.03. The molecule has 2 aromatic carbocycles. The van der Waals surface area contributed by atoms with Crippen molar-refractivity contribution in [2.75, 3.05) is 24.8 Å². The number of aromatic amines is 1. The molecule has 0 bridgehead atoms. The topological polar surface area (TPSA) is 114 Å². The number of H-pyrrole nitrogens is 1. The van der Waals surface area contributed by atoms with Crippen molar-refractivity contribution in [3.8, 4) is 11.5 Å². The summed E-state index contributed by atoms with van der Waals surface area (Å²) in [5.74, 6) is 0.0702. The Morgan fingerprint density at radius 3 is 2.89 bits per heavy atom. The van der Waals surface area contributed by atoms with Crippen molar-refractivity contribution in [2.24, 2.45) is 0 Å². The summed E-state index contributed by atoms with van der Waals surface area (Å²) in [6.45, 7) is 3.78. The van der Waals surface area contributed by atoms with E-state index in [2.05, 4.69) is 20.8 Å². The van der Waals surface area contributed by atoms with Gasteiger partial charge in [0.15, 0.2) is 17.4 Å². The fourth-order valence-corrected chi connectivity index (χ4v) is 2.85. The molecule has 0 aliphatic heterocycles. The summed E-state index contributed by atoms with van der Waals surface area (Å²) in [5, 5.41) is 12.1. The molecule has 3 aromatic rings. The van der Waals surface area contributed by atoms with Crippen LogP contribution in [0.25, 0.3) is 10.9 Å². The molecule has 0 fully saturated rings. The Balaban J connectivity index is 1.83. The van der Waals surface area contributed by atoms with Crippen LogP contribution < -0.4 is 25.8 Å². The summed E-state index contributed by atoms with van der Waals surface area (Å²) >= 11 is 0. The van der Waals surface area contributed by atoms with Crippen molar-refractivity contribution < 1.29 is 18.7 Å². The number of methoxy groups -OCH3 is 1. The van der Waals surface area contributed by atoms with E-state index in [4.69, 9.17) is 15.2 Å². The number of fused-ring (bicyclic) bond motifs is 1. The van der Waals surface area contributed by atoms with Gasteiger partial charge in [-0.05, 0) is 37.6 Å². The van der Waals surface area contributed by atoms with Gasteiger partial charge >= 0.3 is 6.03 Å². The fourth-order valence-electron chi connectivity index (χ4n) is 2.85. The number of nitrogens with zero attached hydrogens (tertiary/aromatic N) is 1. The molecule has 3 rings (SSSR count). The van der Waals surface area contributed by atoms with Crippen LogP contribution in [0.4, 0.5) is 20.7 Å². The highest BCUT2D eigenvalue weighted by molar-refractivity contribution is 5.98. The summed E-state index contributed by atoms with van der Waals surface area (Å²) in [4.78, 5) is 12.5. The van der Waals surface area contributed by atoms with Gasteiger partial charge in [-0.25, -0.2) is 9.18 Å². The van der Waals surface area contributed by atoms with E-state index in [9.17, 15) is 9.18 Å². The first-order valence-electron chi connectivity index (χ1n) is 8.74. The fraction of sp³-hybridized carbons (Fsp3) is 0.263. The third kappa shape index (κ3) is 3.78. The van der Waals surface area contributed by atoms with E-state index in [0.717, 1.165) is 5.56 Å². The summed E-state index contributed by atoms with van der Waals surface area (Å²) in [6.07, 6.45) is 0. The molecule has 2 amide bonds.